The van der Waals surface area contributed by atoms with Crippen LogP contribution in [0.25, 0.3) is 0 Å². The zero-order chi connectivity index (χ0) is 8.10. The van der Waals surface area contributed by atoms with Gasteiger partial charge < -0.3 is 0 Å². The molecule has 0 saturated carbocycles. The first kappa shape index (κ1) is 9.23. The van der Waals surface area contributed by atoms with Gasteiger partial charge in [0.1, 0.15) is 0 Å². The molecule has 0 amide bonds. The summed E-state index contributed by atoms with van der Waals surface area (Å²) in [5, 5.41) is 0. The van der Waals surface area contributed by atoms with E-state index in [0.717, 1.165) is 24.8 Å². The summed E-state index contributed by atoms with van der Waals surface area (Å²) < 4.78 is 4.83. The van der Waals surface area contributed by atoms with E-state index < -0.39 is 0 Å². The number of carbonyl (C=O) groups is 1. The van der Waals surface area contributed by atoms with Crippen LogP contribution in [0, 0.1) is 0 Å². The van der Waals surface area contributed by atoms with Gasteiger partial charge in [-0.15, -0.1) is 0 Å². The molecule has 0 heterocycles. The van der Waals surface area contributed by atoms with Gasteiger partial charge in [-0.25, -0.2) is 0 Å². The predicted molar refractivity (Wildman–Crippen MR) is 37.3 cm³/mol. The van der Waals surface area contributed by atoms with Crippen molar-refractivity contribution in [3.05, 3.63) is 11.6 Å². The molecule has 0 radical (unpaired) electrons. The van der Waals surface area contributed by atoms with Gasteiger partial charge in [-0.05, 0) is 0 Å². The van der Waals surface area contributed by atoms with Crippen LogP contribution in [-0.2, 0) is 34.0 Å². The number of carbonyl (C=O) groups excluding carboxylic acids is 1. The minimum absolute atomic E-state index is 0.0600. The fraction of sp³-hybridized carbons (Fsp3) is 0.625. The van der Waals surface area contributed by atoms with Gasteiger partial charge in [0.25, 0.3) is 0 Å². The zero-order valence-electron chi connectivity index (χ0n) is 6.64. The van der Waals surface area contributed by atoms with E-state index in [9.17, 15) is 4.79 Å². The summed E-state index contributed by atoms with van der Waals surface area (Å²) in [6, 6.07) is 0. The first-order chi connectivity index (χ1) is 5.34. The summed E-state index contributed by atoms with van der Waals surface area (Å²) >= 11 is 0.146. The van der Waals surface area contributed by atoms with Crippen LogP contribution < -0.4 is 0 Å². The number of rotatable bonds is 1. The fourth-order valence-electron chi connectivity index (χ4n) is 1.29. The molecule has 0 aromatic rings. The summed E-state index contributed by atoms with van der Waals surface area (Å²) in [6.45, 7) is 0. The van der Waals surface area contributed by atoms with E-state index >= 15 is 0 Å². The maximum atomic E-state index is 11.1. The monoisotopic (exact) mass is 341 g/mol. The van der Waals surface area contributed by atoms with Crippen molar-refractivity contribution >= 4 is 5.97 Å². The second-order valence-electron chi connectivity index (χ2n) is 2.76. The van der Waals surface area contributed by atoms with Gasteiger partial charge in [0, 0.05) is 0 Å². The van der Waals surface area contributed by atoms with Gasteiger partial charge in [-0.3, -0.25) is 0 Å². The standard InChI is InChI=1S/C8H12O2.Hg/c9-8(10)7-5-3-1-2-4-6-7;/h5H,1-4,6H2,(H,9,10);/q;+1/p-1. The SMILES string of the molecule is O=C([O][Hg])C1=CCCCCC1. The van der Waals surface area contributed by atoms with Gasteiger partial charge in [-0.1, -0.05) is 0 Å². The molecule has 1 rings (SSSR count). The molecule has 0 bridgehead atoms. The Balaban J connectivity index is 2.53. The summed E-state index contributed by atoms with van der Waals surface area (Å²) in [4.78, 5) is 11.1. The summed E-state index contributed by atoms with van der Waals surface area (Å²) in [5.74, 6) is -0.0600. The Hall–Kier alpha value is 0.145. The number of hydrogen-bond donors (Lipinski definition) is 0. The van der Waals surface area contributed by atoms with E-state index in [2.05, 4.69) is 0 Å². The van der Waals surface area contributed by atoms with Crippen LogP contribution in [0.5, 0.6) is 0 Å². The van der Waals surface area contributed by atoms with E-state index in [-0.39, 0.29) is 32.5 Å². The van der Waals surface area contributed by atoms with Crippen molar-refractivity contribution in [3.8, 4) is 0 Å². The Morgan fingerprint density at radius 2 is 2.27 bits per heavy atom. The Morgan fingerprint density at radius 3 is 3.00 bits per heavy atom. The topological polar surface area (TPSA) is 26.3 Å². The van der Waals surface area contributed by atoms with Crippen molar-refractivity contribution in [1.29, 1.82) is 0 Å². The van der Waals surface area contributed by atoms with Crippen LogP contribution in [0.1, 0.15) is 32.1 Å². The molecular formula is C8H11HgO2. The van der Waals surface area contributed by atoms with E-state index in [4.69, 9.17) is 2.64 Å². The Bertz CT molecular complexity index is 175. The third kappa shape index (κ3) is 2.93. The van der Waals surface area contributed by atoms with Gasteiger partial charge in [0.15, 0.2) is 0 Å². The van der Waals surface area contributed by atoms with Crippen molar-refractivity contribution in [2.75, 3.05) is 0 Å². The summed E-state index contributed by atoms with van der Waals surface area (Å²) in [6.07, 6.45) is 7.65. The molecule has 0 aromatic carbocycles. The Kier molecular flexibility index (Phi) is 4.12. The van der Waals surface area contributed by atoms with Crippen LogP contribution in [0.4, 0.5) is 0 Å². The van der Waals surface area contributed by atoms with Crippen LogP contribution in [-0.4, -0.2) is 5.97 Å². The maximum absolute atomic E-state index is 11.1. The number of allylic oxidation sites excluding steroid dienone is 1. The molecule has 0 fully saturated rings. The average Bonchev–Trinajstić information content (AvgIpc) is 2.30. The average molecular weight is 340 g/mol. The van der Waals surface area contributed by atoms with E-state index in [1.165, 1.54) is 12.8 Å². The quantitative estimate of drug-likeness (QED) is 0.682. The third-order valence-corrected chi connectivity index (χ3v) is 2.95. The second kappa shape index (κ2) is 4.91. The molecule has 2 nitrogen and oxygen atoms in total. The van der Waals surface area contributed by atoms with Crippen molar-refractivity contribution in [3.63, 3.8) is 0 Å². The van der Waals surface area contributed by atoms with Gasteiger partial charge in [0.2, 0.25) is 0 Å². The van der Waals surface area contributed by atoms with Crippen LogP contribution in [0.2, 0.25) is 0 Å². The molecule has 0 aromatic heterocycles. The molecule has 57 valence electrons. The first-order valence-corrected chi connectivity index (χ1v) is 6.24. The minimum atomic E-state index is -0.0600. The molecule has 1 aliphatic rings. The molecule has 0 saturated heterocycles. The fourth-order valence-corrected chi connectivity index (χ4v) is 2.01. The summed E-state index contributed by atoms with van der Waals surface area (Å²) in [7, 11) is 0. The number of hydrogen-bond acceptors (Lipinski definition) is 2. The predicted octanol–water partition coefficient (Wildman–Crippen LogP) is 1.88. The normalized spacial score (nSPS) is 18.5. The van der Waals surface area contributed by atoms with E-state index in [0.29, 0.717) is 0 Å². The van der Waals surface area contributed by atoms with E-state index in [1.807, 2.05) is 6.08 Å². The van der Waals surface area contributed by atoms with E-state index in [1.54, 1.807) is 0 Å². The second-order valence-corrected chi connectivity index (χ2v) is 3.88. The van der Waals surface area contributed by atoms with Crippen LogP contribution in [0.3, 0.4) is 0 Å². The van der Waals surface area contributed by atoms with Gasteiger partial charge >= 0.3 is 83.7 Å². The molecule has 0 spiro atoms. The molecular weight excluding hydrogens is 329 g/mol. The van der Waals surface area contributed by atoms with Crippen molar-refractivity contribution in [2.45, 2.75) is 32.1 Å². The first-order valence-electron chi connectivity index (χ1n) is 4.00. The van der Waals surface area contributed by atoms with Gasteiger partial charge in [-0.2, -0.15) is 0 Å². The van der Waals surface area contributed by atoms with Gasteiger partial charge in [0.05, 0.1) is 0 Å². The third-order valence-electron chi connectivity index (χ3n) is 1.93. The molecule has 0 unspecified atom stereocenters. The molecule has 1 aliphatic carbocycles. The molecule has 0 aliphatic heterocycles. The Labute approximate surface area is 83.6 Å². The van der Waals surface area contributed by atoms with Crippen LogP contribution in [0.15, 0.2) is 11.6 Å². The summed E-state index contributed by atoms with van der Waals surface area (Å²) in [5.41, 5.74) is 0.914. The molecule has 0 N–H and O–H groups in total. The van der Waals surface area contributed by atoms with Crippen molar-refractivity contribution < 1.29 is 34.0 Å². The van der Waals surface area contributed by atoms with Crippen molar-refractivity contribution in [2.24, 2.45) is 0 Å². The Morgan fingerprint density at radius 1 is 1.45 bits per heavy atom. The molecule has 11 heavy (non-hydrogen) atoms. The van der Waals surface area contributed by atoms with Crippen molar-refractivity contribution in [1.82, 2.24) is 0 Å². The van der Waals surface area contributed by atoms with Crippen LogP contribution >= 0.6 is 0 Å². The molecule has 0 atom stereocenters. The zero-order valence-corrected chi connectivity index (χ0v) is 12.1. The molecule has 3 heteroatoms.